The van der Waals surface area contributed by atoms with Gasteiger partial charge in [0.1, 0.15) is 0 Å². The smallest absolute Gasteiger partial charge is 0.275 e. The zero-order chi connectivity index (χ0) is 10.7. The Morgan fingerprint density at radius 1 is 1.71 bits per heavy atom. The third-order valence-corrected chi connectivity index (χ3v) is 1.86. The summed E-state index contributed by atoms with van der Waals surface area (Å²) in [4.78, 5) is 14.3. The van der Waals surface area contributed by atoms with Crippen molar-refractivity contribution in [3.63, 3.8) is 0 Å². The zero-order valence-corrected chi connectivity index (χ0v) is 8.23. The van der Waals surface area contributed by atoms with Gasteiger partial charge in [0.05, 0.1) is 4.92 Å². The molecule has 0 aromatic carbocycles. The van der Waals surface area contributed by atoms with Crippen LogP contribution in [0.15, 0.2) is 12.3 Å². The predicted octanol–water partition coefficient (Wildman–Crippen LogP) is 1.19. The molecule has 1 atom stereocenters. The summed E-state index contributed by atoms with van der Waals surface area (Å²) in [5.41, 5.74) is 6.92. The highest BCUT2D eigenvalue weighted by atomic mass is 16.6. The minimum absolute atomic E-state index is 0.0372. The second kappa shape index (κ2) is 4.15. The van der Waals surface area contributed by atoms with Gasteiger partial charge in [0, 0.05) is 36.0 Å². The van der Waals surface area contributed by atoms with E-state index < -0.39 is 4.92 Å². The maximum atomic E-state index is 10.6. The molecule has 0 saturated heterocycles. The average molecular weight is 195 g/mol. The van der Waals surface area contributed by atoms with Crippen LogP contribution in [0.2, 0.25) is 0 Å². The van der Waals surface area contributed by atoms with Gasteiger partial charge in [-0.15, -0.1) is 0 Å². The van der Waals surface area contributed by atoms with Crippen LogP contribution in [0.4, 0.5) is 5.69 Å². The van der Waals surface area contributed by atoms with Crippen molar-refractivity contribution in [2.45, 2.75) is 26.3 Å². The highest BCUT2D eigenvalue weighted by Gasteiger charge is 2.12. The van der Waals surface area contributed by atoms with Crippen molar-refractivity contribution in [3.05, 3.63) is 33.6 Å². The maximum Gasteiger partial charge on any atom is 0.275 e. The monoisotopic (exact) mass is 195 g/mol. The van der Waals surface area contributed by atoms with Gasteiger partial charge < -0.3 is 5.73 Å². The minimum atomic E-state index is -0.401. The van der Waals surface area contributed by atoms with Gasteiger partial charge in [-0.25, -0.2) is 0 Å². The number of pyridine rings is 1. The van der Waals surface area contributed by atoms with Crippen LogP contribution in [0.5, 0.6) is 0 Å². The van der Waals surface area contributed by atoms with Crippen molar-refractivity contribution in [2.75, 3.05) is 0 Å². The predicted molar refractivity (Wildman–Crippen MR) is 53.0 cm³/mol. The van der Waals surface area contributed by atoms with Gasteiger partial charge >= 0.3 is 0 Å². The molecule has 1 aromatic rings. The number of aryl methyl sites for hydroxylation is 1. The van der Waals surface area contributed by atoms with Crippen LogP contribution in [0.25, 0.3) is 0 Å². The molecular formula is C9H13N3O2. The molecule has 0 saturated carbocycles. The molecule has 76 valence electrons. The van der Waals surface area contributed by atoms with Crippen LogP contribution in [0.1, 0.15) is 18.2 Å². The number of nitrogens with two attached hydrogens (primary N) is 1. The van der Waals surface area contributed by atoms with E-state index in [1.54, 1.807) is 6.92 Å². The van der Waals surface area contributed by atoms with Crippen molar-refractivity contribution in [1.29, 1.82) is 0 Å². The van der Waals surface area contributed by atoms with Crippen LogP contribution in [-0.4, -0.2) is 15.9 Å². The molecule has 1 unspecified atom stereocenters. The normalized spacial score (nSPS) is 12.5. The number of nitrogens with zero attached hydrogens (tertiary/aromatic N) is 2. The summed E-state index contributed by atoms with van der Waals surface area (Å²) in [6, 6.07) is 1.45. The standard InChI is InChI=1S/C9H13N3O2/c1-6-5-11-8(3-7(2)10)4-9(6)12(13)14/h4-5,7H,3,10H2,1-2H3. The van der Waals surface area contributed by atoms with E-state index in [9.17, 15) is 10.1 Å². The number of hydrogen-bond acceptors (Lipinski definition) is 4. The molecule has 0 radical (unpaired) electrons. The minimum Gasteiger partial charge on any atom is -0.328 e. The Kier molecular flexibility index (Phi) is 3.14. The first kappa shape index (κ1) is 10.6. The third-order valence-electron chi connectivity index (χ3n) is 1.86. The lowest BCUT2D eigenvalue weighted by molar-refractivity contribution is -0.385. The molecular weight excluding hydrogens is 182 g/mol. The van der Waals surface area contributed by atoms with Gasteiger partial charge in [0.2, 0.25) is 0 Å². The van der Waals surface area contributed by atoms with Gasteiger partial charge in [-0.2, -0.15) is 0 Å². The molecule has 2 N–H and O–H groups in total. The summed E-state index contributed by atoms with van der Waals surface area (Å²) in [7, 11) is 0. The van der Waals surface area contributed by atoms with Gasteiger partial charge in [-0.3, -0.25) is 15.1 Å². The van der Waals surface area contributed by atoms with Crippen molar-refractivity contribution in [1.82, 2.24) is 4.98 Å². The average Bonchev–Trinajstić information content (AvgIpc) is 2.07. The van der Waals surface area contributed by atoms with Gasteiger partial charge in [0.25, 0.3) is 5.69 Å². The van der Waals surface area contributed by atoms with Gasteiger partial charge in [0.15, 0.2) is 0 Å². The Balaban J connectivity index is 3.00. The van der Waals surface area contributed by atoms with E-state index in [-0.39, 0.29) is 11.7 Å². The molecule has 0 spiro atoms. The van der Waals surface area contributed by atoms with Crippen LogP contribution in [0, 0.1) is 17.0 Å². The molecule has 1 aromatic heterocycles. The van der Waals surface area contributed by atoms with Crippen molar-refractivity contribution < 1.29 is 4.92 Å². The van der Waals surface area contributed by atoms with Crippen LogP contribution in [-0.2, 0) is 6.42 Å². The molecule has 0 aliphatic carbocycles. The van der Waals surface area contributed by atoms with E-state index in [1.165, 1.54) is 12.3 Å². The number of rotatable bonds is 3. The first-order valence-electron chi connectivity index (χ1n) is 4.36. The molecule has 0 aliphatic rings. The van der Waals surface area contributed by atoms with Crippen LogP contribution in [0.3, 0.4) is 0 Å². The number of nitro groups is 1. The fraction of sp³-hybridized carbons (Fsp3) is 0.444. The van der Waals surface area contributed by atoms with Crippen molar-refractivity contribution in [3.8, 4) is 0 Å². The largest absolute Gasteiger partial charge is 0.328 e. The summed E-state index contributed by atoms with van der Waals surface area (Å²) < 4.78 is 0. The Labute approximate surface area is 82.1 Å². The number of hydrogen-bond donors (Lipinski definition) is 1. The van der Waals surface area contributed by atoms with Gasteiger partial charge in [-0.05, 0) is 13.8 Å². The van der Waals surface area contributed by atoms with E-state index in [0.717, 1.165) is 0 Å². The van der Waals surface area contributed by atoms with Crippen molar-refractivity contribution >= 4 is 5.69 Å². The second-order valence-corrected chi connectivity index (χ2v) is 3.40. The molecule has 5 heteroatoms. The van der Waals surface area contributed by atoms with E-state index in [2.05, 4.69) is 4.98 Å². The quantitative estimate of drug-likeness (QED) is 0.580. The molecule has 1 heterocycles. The Morgan fingerprint density at radius 3 is 2.86 bits per heavy atom. The second-order valence-electron chi connectivity index (χ2n) is 3.40. The summed E-state index contributed by atoms with van der Waals surface area (Å²) in [5.74, 6) is 0. The third kappa shape index (κ3) is 2.50. The highest BCUT2D eigenvalue weighted by Crippen LogP contribution is 2.17. The first-order valence-corrected chi connectivity index (χ1v) is 4.36. The van der Waals surface area contributed by atoms with E-state index in [1.807, 2.05) is 6.92 Å². The van der Waals surface area contributed by atoms with E-state index in [4.69, 9.17) is 5.73 Å². The molecule has 14 heavy (non-hydrogen) atoms. The maximum absolute atomic E-state index is 10.6. The lowest BCUT2D eigenvalue weighted by atomic mass is 10.1. The van der Waals surface area contributed by atoms with Crippen molar-refractivity contribution in [2.24, 2.45) is 5.73 Å². The Hall–Kier alpha value is -1.49. The molecule has 0 bridgehead atoms. The first-order chi connectivity index (χ1) is 6.50. The van der Waals surface area contributed by atoms with Crippen LogP contribution < -0.4 is 5.73 Å². The zero-order valence-electron chi connectivity index (χ0n) is 8.23. The molecule has 0 fully saturated rings. The Morgan fingerprint density at radius 2 is 2.36 bits per heavy atom. The lowest BCUT2D eigenvalue weighted by Crippen LogP contribution is -2.18. The summed E-state index contributed by atoms with van der Waals surface area (Å²) in [6.45, 7) is 3.51. The van der Waals surface area contributed by atoms with Gasteiger partial charge in [-0.1, -0.05) is 0 Å². The topological polar surface area (TPSA) is 82.0 Å². The van der Waals surface area contributed by atoms with E-state index >= 15 is 0 Å². The summed E-state index contributed by atoms with van der Waals surface area (Å²) in [6.07, 6.45) is 2.07. The summed E-state index contributed by atoms with van der Waals surface area (Å²) >= 11 is 0. The molecule has 0 amide bonds. The molecule has 1 rings (SSSR count). The fourth-order valence-electron chi connectivity index (χ4n) is 1.19. The van der Waals surface area contributed by atoms with E-state index in [0.29, 0.717) is 17.7 Å². The Bertz CT molecular complexity index is 350. The fourth-order valence-corrected chi connectivity index (χ4v) is 1.19. The number of aromatic nitrogens is 1. The molecule has 0 aliphatic heterocycles. The van der Waals surface area contributed by atoms with Crippen LogP contribution >= 0.6 is 0 Å². The highest BCUT2D eigenvalue weighted by molar-refractivity contribution is 5.38. The summed E-state index contributed by atoms with van der Waals surface area (Å²) in [5, 5.41) is 10.6. The SMILES string of the molecule is Cc1cnc(CC(C)N)cc1[N+](=O)[O-]. The lowest BCUT2D eigenvalue weighted by Gasteiger charge is -2.04. The molecule has 5 nitrogen and oxygen atoms in total.